The van der Waals surface area contributed by atoms with E-state index in [1.54, 1.807) is 7.11 Å². The van der Waals surface area contributed by atoms with Crippen LogP contribution in [0, 0.1) is 0 Å². The van der Waals surface area contributed by atoms with Crippen LogP contribution in [-0.4, -0.2) is 20.7 Å². The monoisotopic (exact) mass is 199 g/mol. The maximum Gasteiger partial charge on any atom is 0.142 e. The molecule has 0 spiro atoms. The fourth-order valence-corrected chi connectivity index (χ4v) is 1.30. The van der Waals surface area contributed by atoms with Gasteiger partial charge in [-0.2, -0.15) is 0 Å². The van der Waals surface area contributed by atoms with Crippen LogP contribution in [0.1, 0.15) is 6.92 Å². The molecule has 0 saturated heterocycles. The second kappa shape index (κ2) is 4.38. The molecule has 3 heteroatoms. The van der Waals surface area contributed by atoms with Crippen molar-refractivity contribution in [3.8, 4) is 5.75 Å². The van der Waals surface area contributed by atoms with Gasteiger partial charge in [0.15, 0.2) is 0 Å². The molecule has 0 aliphatic carbocycles. The zero-order chi connectivity index (χ0) is 9.84. The van der Waals surface area contributed by atoms with Crippen LogP contribution >= 0.6 is 11.6 Å². The van der Waals surface area contributed by atoms with E-state index < -0.39 is 0 Å². The van der Waals surface area contributed by atoms with E-state index in [4.69, 9.17) is 16.3 Å². The highest BCUT2D eigenvalue weighted by Crippen LogP contribution is 2.29. The molecule has 0 aromatic heterocycles. The molecule has 1 aromatic rings. The fraction of sp³-hybridized carbons (Fsp3) is 0.400. The highest BCUT2D eigenvalue weighted by atomic mass is 35.5. The maximum atomic E-state index is 5.89. The number of methoxy groups -OCH3 is 1. The fourth-order valence-electron chi connectivity index (χ4n) is 1.13. The molecule has 1 rings (SSSR count). The molecule has 0 unspecified atom stereocenters. The van der Waals surface area contributed by atoms with E-state index in [9.17, 15) is 0 Å². The Balaban J connectivity index is 3.07. The minimum absolute atomic E-state index is 0.733. The van der Waals surface area contributed by atoms with Gasteiger partial charge in [0.2, 0.25) is 0 Å². The summed E-state index contributed by atoms with van der Waals surface area (Å²) in [5.41, 5.74) is 1.03. The Morgan fingerprint density at radius 1 is 1.46 bits per heavy atom. The third-order valence-corrected chi connectivity index (χ3v) is 2.26. The molecule has 1 aromatic carbocycles. The van der Waals surface area contributed by atoms with Crippen LogP contribution in [0.2, 0.25) is 5.02 Å². The second-order valence-electron chi connectivity index (χ2n) is 2.83. The number of anilines is 1. The lowest BCUT2D eigenvalue weighted by Crippen LogP contribution is -2.16. The summed E-state index contributed by atoms with van der Waals surface area (Å²) in [5, 5.41) is 0.733. The Morgan fingerprint density at radius 2 is 2.15 bits per heavy atom. The highest BCUT2D eigenvalue weighted by molar-refractivity contribution is 6.30. The number of halogens is 1. The molecule has 0 atom stereocenters. The van der Waals surface area contributed by atoms with Crippen LogP contribution in [-0.2, 0) is 0 Å². The maximum absolute atomic E-state index is 5.89. The molecule has 72 valence electrons. The van der Waals surface area contributed by atoms with Crippen molar-refractivity contribution in [1.29, 1.82) is 0 Å². The van der Waals surface area contributed by atoms with Gasteiger partial charge < -0.3 is 9.64 Å². The number of nitrogens with zero attached hydrogens (tertiary/aromatic N) is 1. The van der Waals surface area contributed by atoms with E-state index in [0.29, 0.717) is 0 Å². The van der Waals surface area contributed by atoms with E-state index in [-0.39, 0.29) is 0 Å². The second-order valence-corrected chi connectivity index (χ2v) is 3.27. The molecule has 2 nitrogen and oxygen atoms in total. The number of hydrogen-bond donors (Lipinski definition) is 0. The summed E-state index contributed by atoms with van der Waals surface area (Å²) in [7, 11) is 3.67. The van der Waals surface area contributed by atoms with Gasteiger partial charge >= 0.3 is 0 Å². The van der Waals surface area contributed by atoms with Gasteiger partial charge in [-0.25, -0.2) is 0 Å². The first-order chi connectivity index (χ1) is 6.19. The van der Waals surface area contributed by atoms with Gasteiger partial charge in [0.05, 0.1) is 12.8 Å². The molecule has 0 aliphatic rings. The Kier molecular flexibility index (Phi) is 3.43. The number of hydrogen-bond acceptors (Lipinski definition) is 2. The third-order valence-electron chi connectivity index (χ3n) is 2.03. The first-order valence-corrected chi connectivity index (χ1v) is 4.61. The average molecular weight is 200 g/mol. The van der Waals surface area contributed by atoms with Crippen molar-refractivity contribution in [3.05, 3.63) is 23.2 Å². The average Bonchev–Trinajstić information content (AvgIpc) is 2.16. The van der Waals surface area contributed by atoms with E-state index in [1.807, 2.05) is 25.2 Å². The minimum Gasteiger partial charge on any atom is -0.495 e. The highest BCUT2D eigenvalue weighted by Gasteiger charge is 2.06. The van der Waals surface area contributed by atoms with Gasteiger partial charge in [0.1, 0.15) is 5.75 Å². The Labute approximate surface area is 84.1 Å². The van der Waals surface area contributed by atoms with Crippen molar-refractivity contribution < 1.29 is 4.74 Å². The van der Waals surface area contributed by atoms with Crippen molar-refractivity contribution in [2.75, 3.05) is 25.6 Å². The van der Waals surface area contributed by atoms with Crippen LogP contribution in [0.25, 0.3) is 0 Å². The minimum atomic E-state index is 0.733. The standard InChI is InChI=1S/C10H14ClNO/c1-4-12(2)9-7-8(11)5-6-10(9)13-3/h5-7H,4H2,1-3H3. The Morgan fingerprint density at radius 3 is 2.69 bits per heavy atom. The summed E-state index contributed by atoms with van der Waals surface area (Å²) in [6.45, 7) is 3.01. The van der Waals surface area contributed by atoms with Gasteiger partial charge in [0.25, 0.3) is 0 Å². The Hall–Kier alpha value is -0.890. The zero-order valence-electron chi connectivity index (χ0n) is 8.17. The molecule has 0 N–H and O–H groups in total. The molecule has 13 heavy (non-hydrogen) atoms. The molecule has 0 bridgehead atoms. The first-order valence-electron chi connectivity index (χ1n) is 4.23. The summed E-state index contributed by atoms with van der Waals surface area (Å²) in [6, 6.07) is 5.61. The lowest BCUT2D eigenvalue weighted by Gasteiger charge is -2.19. The van der Waals surface area contributed by atoms with Crippen molar-refractivity contribution in [2.24, 2.45) is 0 Å². The molecular weight excluding hydrogens is 186 g/mol. The van der Waals surface area contributed by atoms with E-state index in [1.165, 1.54) is 0 Å². The van der Waals surface area contributed by atoms with Gasteiger partial charge in [0, 0.05) is 18.6 Å². The smallest absolute Gasteiger partial charge is 0.142 e. The Bertz CT molecular complexity index is 288. The molecule has 0 saturated carbocycles. The van der Waals surface area contributed by atoms with Crippen LogP contribution in [0.15, 0.2) is 18.2 Å². The molecule has 0 heterocycles. The normalized spacial score (nSPS) is 9.85. The van der Waals surface area contributed by atoms with Crippen molar-refractivity contribution >= 4 is 17.3 Å². The SMILES string of the molecule is CCN(C)c1cc(Cl)ccc1OC. The summed E-state index contributed by atoms with van der Waals surface area (Å²) in [5.74, 6) is 0.855. The molecule has 0 amide bonds. The number of rotatable bonds is 3. The summed E-state index contributed by atoms with van der Waals surface area (Å²) < 4.78 is 5.22. The van der Waals surface area contributed by atoms with Gasteiger partial charge in [-0.3, -0.25) is 0 Å². The lowest BCUT2D eigenvalue weighted by atomic mass is 10.2. The van der Waals surface area contributed by atoms with E-state index >= 15 is 0 Å². The largest absolute Gasteiger partial charge is 0.495 e. The van der Waals surface area contributed by atoms with Crippen LogP contribution in [0.5, 0.6) is 5.75 Å². The summed E-state index contributed by atoms with van der Waals surface area (Å²) >= 11 is 5.89. The van der Waals surface area contributed by atoms with Crippen molar-refractivity contribution in [1.82, 2.24) is 0 Å². The lowest BCUT2D eigenvalue weighted by molar-refractivity contribution is 0.415. The number of ether oxygens (including phenoxy) is 1. The van der Waals surface area contributed by atoms with Crippen molar-refractivity contribution in [2.45, 2.75) is 6.92 Å². The van der Waals surface area contributed by atoms with Crippen LogP contribution in [0.4, 0.5) is 5.69 Å². The van der Waals surface area contributed by atoms with Crippen LogP contribution < -0.4 is 9.64 Å². The zero-order valence-corrected chi connectivity index (χ0v) is 8.93. The van der Waals surface area contributed by atoms with Gasteiger partial charge in [-0.15, -0.1) is 0 Å². The topological polar surface area (TPSA) is 12.5 Å². The van der Waals surface area contributed by atoms with Crippen molar-refractivity contribution in [3.63, 3.8) is 0 Å². The predicted octanol–water partition coefficient (Wildman–Crippen LogP) is 2.80. The van der Waals surface area contributed by atoms with Gasteiger partial charge in [-0.05, 0) is 25.1 Å². The predicted molar refractivity (Wildman–Crippen MR) is 56.9 cm³/mol. The summed E-state index contributed by atoms with van der Waals surface area (Å²) in [4.78, 5) is 2.09. The van der Waals surface area contributed by atoms with E-state index in [2.05, 4.69) is 11.8 Å². The molecule has 0 fully saturated rings. The number of benzene rings is 1. The third kappa shape index (κ3) is 2.28. The van der Waals surface area contributed by atoms with Gasteiger partial charge in [-0.1, -0.05) is 11.6 Å². The first kappa shape index (κ1) is 10.2. The quantitative estimate of drug-likeness (QED) is 0.743. The van der Waals surface area contributed by atoms with Crippen LogP contribution in [0.3, 0.4) is 0 Å². The molecular formula is C10H14ClNO. The molecule has 0 radical (unpaired) electrons. The summed E-state index contributed by atoms with van der Waals surface area (Å²) in [6.07, 6.45) is 0. The molecule has 0 aliphatic heterocycles. The van der Waals surface area contributed by atoms with E-state index in [0.717, 1.165) is 23.0 Å².